The molecule has 3 fully saturated rings. The number of nitrogens with zero attached hydrogens (tertiary/aromatic N) is 1. The number of ketones is 3. The molecule has 1 saturated carbocycles. The molecule has 6 N–H and O–H groups in total. The first kappa shape index (κ1) is 59.2. The standard InChI is InChI=1S/C51H79NO13.CH3NO2/c1-30-16-12-11-13-17-31(2)42(61-8)28-38-21-19-36(7)51(60,65-38)48(57)49(58)52-23-15-14-18-39(52)50(59)64-43(33(4)26-37-20-22-40(53)44(27-37)62-9)29-41(54)32(3)25-35(6)46(56)47(63-10)45(55)34(5)24-30;2-1(3)4/h11-13,16-17,25,30,32-34,36-40,42-44,46-47,53,56,60H,14-15,18-24,26-29H2,1-10H3;2H2,(H,3,4)/b13-11+,16-12+,31-17+,35-25+;/t30-,32-,33-,34-,36-,37+,38+,39+,40-,42+,43+,44-,46-,47+,51-;/m1./s1. The molecule has 2 amide bonds. The van der Waals surface area contributed by atoms with Crippen molar-refractivity contribution in [3.63, 3.8) is 0 Å². The van der Waals surface area contributed by atoms with Crippen LogP contribution in [0.1, 0.15) is 126 Å². The molecule has 0 spiro atoms. The van der Waals surface area contributed by atoms with Crippen molar-refractivity contribution in [1.29, 1.82) is 0 Å². The van der Waals surface area contributed by atoms with Crippen LogP contribution >= 0.6 is 0 Å². The molecule has 0 aromatic heterocycles. The molecule has 0 unspecified atom stereocenters. The molecular formula is C52H82N2O15. The number of piperidine rings is 1. The number of amides is 2. The Morgan fingerprint density at radius 1 is 0.884 bits per heavy atom. The molecule has 390 valence electrons. The third-order valence-corrected chi connectivity index (χ3v) is 14.5. The van der Waals surface area contributed by atoms with Gasteiger partial charge in [-0.25, -0.2) is 9.59 Å². The van der Waals surface area contributed by atoms with Gasteiger partial charge in [-0.2, -0.15) is 0 Å². The molecule has 15 atom stereocenters. The zero-order valence-electron chi connectivity index (χ0n) is 42.5. The summed E-state index contributed by atoms with van der Waals surface area (Å²) in [5.41, 5.74) is 5.29. The lowest BCUT2D eigenvalue weighted by molar-refractivity contribution is -0.265. The number of hydrogen-bond donors (Lipinski definition) is 5. The van der Waals surface area contributed by atoms with E-state index in [2.05, 4.69) is 5.73 Å². The van der Waals surface area contributed by atoms with Crippen LogP contribution in [-0.4, -0.2) is 143 Å². The molecule has 3 aliphatic heterocycles. The number of carboxylic acid groups (broad SMARTS) is 1. The summed E-state index contributed by atoms with van der Waals surface area (Å²) in [6, 6.07) is -1.14. The predicted molar refractivity (Wildman–Crippen MR) is 257 cm³/mol. The second kappa shape index (κ2) is 28.1. The minimum atomic E-state index is -2.43. The Morgan fingerprint density at radius 2 is 1.57 bits per heavy atom. The van der Waals surface area contributed by atoms with E-state index in [9.17, 15) is 39.3 Å². The number of aliphatic hydroxyl groups excluding tert-OH is 2. The molecule has 3 heterocycles. The lowest BCUT2D eigenvalue weighted by Crippen LogP contribution is -2.61. The van der Waals surface area contributed by atoms with Gasteiger partial charge in [-0.05, 0) is 107 Å². The number of Topliss-reactive ketones (excluding diaryl/α,β-unsaturated/α-hetero) is 3. The minimum absolute atomic E-state index is 0.0193. The van der Waals surface area contributed by atoms with Crippen molar-refractivity contribution in [2.75, 3.05) is 27.9 Å². The first-order valence-electron chi connectivity index (χ1n) is 24.6. The summed E-state index contributed by atoms with van der Waals surface area (Å²) in [5.74, 6) is -7.96. The fourth-order valence-corrected chi connectivity index (χ4v) is 10.1. The van der Waals surface area contributed by atoms with E-state index in [1.54, 1.807) is 41.1 Å². The lowest BCUT2D eigenvalue weighted by Gasteiger charge is -2.42. The highest BCUT2D eigenvalue weighted by Crippen LogP contribution is 2.38. The highest BCUT2D eigenvalue weighted by molar-refractivity contribution is 6.39. The van der Waals surface area contributed by atoms with Gasteiger partial charge in [-0.1, -0.05) is 71.1 Å². The Labute approximate surface area is 408 Å². The van der Waals surface area contributed by atoms with Crippen molar-refractivity contribution in [3.05, 3.63) is 47.6 Å². The molecule has 17 nitrogen and oxygen atoms in total. The number of primary amides is 1. The first-order chi connectivity index (χ1) is 32.5. The van der Waals surface area contributed by atoms with Crippen LogP contribution in [0.25, 0.3) is 0 Å². The Morgan fingerprint density at radius 3 is 2.20 bits per heavy atom. The molecular weight excluding hydrogens is 893 g/mol. The van der Waals surface area contributed by atoms with Crippen LogP contribution in [0.3, 0.4) is 0 Å². The zero-order valence-corrected chi connectivity index (χ0v) is 42.5. The smallest absolute Gasteiger partial charge is 0.402 e. The average Bonchev–Trinajstić information content (AvgIpc) is 3.30. The summed E-state index contributed by atoms with van der Waals surface area (Å²) in [6.07, 6.45) is 9.85. The molecule has 0 aromatic carbocycles. The predicted octanol–water partition coefficient (Wildman–Crippen LogP) is 5.80. The third-order valence-electron chi connectivity index (χ3n) is 14.5. The number of ether oxygens (including phenoxy) is 5. The maximum Gasteiger partial charge on any atom is 0.402 e. The van der Waals surface area contributed by atoms with Crippen LogP contribution in [0.5, 0.6) is 0 Å². The summed E-state index contributed by atoms with van der Waals surface area (Å²) in [4.78, 5) is 80.5. The number of aliphatic hydroxyl groups is 3. The van der Waals surface area contributed by atoms with Gasteiger partial charge in [0.05, 0.1) is 24.4 Å². The van der Waals surface area contributed by atoms with Gasteiger partial charge in [-0.15, -0.1) is 0 Å². The van der Waals surface area contributed by atoms with Gasteiger partial charge in [0.15, 0.2) is 5.78 Å². The summed E-state index contributed by atoms with van der Waals surface area (Å²) >= 11 is 0. The van der Waals surface area contributed by atoms with Crippen molar-refractivity contribution in [2.24, 2.45) is 41.2 Å². The Kier molecular flexibility index (Phi) is 24.1. The maximum absolute atomic E-state index is 14.4. The number of hydrogen-bond acceptors (Lipinski definition) is 14. The van der Waals surface area contributed by atoms with E-state index >= 15 is 0 Å². The van der Waals surface area contributed by atoms with Gasteiger partial charge in [-0.3, -0.25) is 19.2 Å². The van der Waals surface area contributed by atoms with Gasteiger partial charge >= 0.3 is 12.1 Å². The highest BCUT2D eigenvalue weighted by atomic mass is 16.6. The number of carbonyl (C=O) groups excluding carboxylic acids is 5. The molecule has 2 saturated heterocycles. The Bertz CT molecular complexity index is 1860. The van der Waals surface area contributed by atoms with Crippen LogP contribution in [-0.2, 0) is 47.7 Å². The largest absolute Gasteiger partial charge is 0.465 e. The number of carbonyl (C=O) groups is 6. The topological polar surface area (TPSA) is 259 Å². The van der Waals surface area contributed by atoms with Crippen LogP contribution < -0.4 is 5.73 Å². The number of methoxy groups -OCH3 is 3. The van der Waals surface area contributed by atoms with E-state index in [0.717, 1.165) is 12.0 Å². The molecule has 17 heteroatoms. The van der Waals surface area contributed by atoms with Crippen molar-refractivity contribution in [1.82, 2.24) is 4.90 Å². The number of nitrogens with two attached hydrogens (primary N) is 1. The van der Waals surface area contributed by atoms with E-state index in [-0.39, 0.29) is 54.8 Å². The summed E-state index contributed by atoms with van der Waals surface area (Å²) in [5, 5.41) is 41.0. The van der Waals surface area contributed by atoms with E-state index in [4.69, 9.17) is 33.6 Å². The van der Waals surface area contributed by atoms with E-state index in [1.807, 2.05) is 58.1 Å². The second-order valence-corrected chi connectivity index (χ2v) is 19.9. The number of rotatable bonds is 6. The van der Waals surface area contributed by atoms with Crippen molar-refractivity contribution in [2.45, 2.75) is 180 Å². The molecule has 4 rings (SSSR count). The maximum atomic E-state index is 14.4. The van der Waals surface area contributed by atoms with E-state index in [0.29, 0.717) is 63.4 Å². The van der Waals surface area contributed by atoms with Gasteiger partial charge in [0.2, 0.25) is 5.79 Å². The van der Waals surface area contributed by atoms with E-state index in [1.165, 1.54) is 12.0 Å². The first-order valence-corrected chi connectivity index (χ1v) is 24.6. The van der Waals surface area contributed by atoms with Crippen molar-refractivity contribution < 1.29 is 72.9 Å². The summed E-state index contributed by atoms with van der Waals surface area (Å²) in [7, 11) is 4.52. The Balaban J connectivity index is 0.00000303. The average molecular weight is 975 g/mol. The van der Waals surface area contributed by atoms with Crippen molar-refractivity contribution >= 4 is 35.3 Å². The number of fused-ring (bicyclic) bond motifs is 3. The monoisotopic (exact) mass is 975 g/mol. The molecule has 0 aromatic rings. The molecule has 2 bridgehead atoms. The molecule has 69 heavy (non-hydrogen) atoms. The number of cyclic esters (lactones) is 1. The molecule has 4 aliphatic rings. The SMILES string of the molecule is CO[C@H]1C[C@@H]2CC[C@@H](C)[C@@](O)(O2)C(=O)C(=O)N2CCCC[C@H]2C(=O)O[C@H]([C@H](C)C[C@@H]2CC[C@@H](O)[C@H](OC)C2)CC(=O)[C@H](C)/C=C(\C)[C@@H](O)[C@@H](OC)C(=O)[C@H](C)C[C@H](C)/C=C/C=C/C=C/1C.NC(=O)O. The van der Waals surface area contributed by atoms with Crippen molar-refractivity contribution in [3.8, 4) is 0 Å². The number of allylic oxidation sites excluding steroid dienone is 6. The fourth-order valence-electron chi connectivity index (χ4n) is 10.1. The van der Waals surface area contributed by atoms with E-state index < -0.39 is 90.0 Å². The molecule has 0 radical (unpaired) electrons. The highest BCUT2D eigenvalue weighted by Gasteiger charge is 2.53. The summed E-state index contributed by atoms with van der Waals surface area (Å²) in [6.45, 7) is 12.7. The quantitative estimate of drug-likeness (QED) is 0.120. The van der Waals surface area contributed by atoms with Crippen LogP contribution in [0.15, 0.2) is 47.6 Å². The van der Waals surface area contributed by atoms with Crippen LogP contribution in [0.4, 0.5) is 4.79 Å². The zero-order chi connectivity index (χ0) is 51.7. The third kappa shape index (κ3) is 17.0. The van der Waals surface area contributed by atoms with Gasteiger partial charge in [0.25, 0.3) is 11.7 Å². The van der Waals surface area contributed by atoms with Crippen LogP contribution in [0.2, 0.25) is 0 Å². The fraction of sp³-hybridized carbons (Fsp3) is 0.731. The van der Waals surface area contributed by atoms with Gasteiger partial charge < -0.3 is 54.7 Å². The Hall–Kier alpha value is -4.10. The van der Waals surface area contributed by atoms with Gasteiger partial charge in [0, 0.05) is 58.5 Å². The van der Waals surface area contributed by atoms with Crippen LogP contribution in [0, 0.1) is 35.5 Å². The molecule has 1 aliphatic carbocycles. The second-order valence-electron chi connectivity index (χ2n) is 19.9. The summed E-state index contributed by atoms with van der Waals surface area (Å²) < 4.78 is 29.4. The minimum Gasteiger partial charge on any atom is -0.465 e. The van der Waals surface area contributed by atoms with Gasteiger partial charge in [0.1, 0.15) is 30.1 Å². The number of esters is 1. The normalized spacial score (nSPS) is 38.4. The lowest BCUT2D eigenvalue weighted by atomic mass is 9.78.